The molecule has 0 aromatic rings. The number of carbonyl (C=O) groups excluding carboxylic acids is 1. The largest absolute Gasteiger partial charge is 0.550 e. The average molecular weight is 248 g/mol. The van der Waals surface area contributed by atoms with E-state index < -0.39 is 5.97 Å². The number of hydrogen-bond acceptors (Lipinski definition) is 2. The van der Waals surface area contributed by atoms with E-state index in [1.165, 1.54) is 32.1 Å². The van der Waals surface area contributed by atoms with Gasteiger partial charge in [-0.05, 0) is 23.7 Å². The quantitative estimate of drug-likeness (QED) is 0.489. The van der Waals surface area contributed by atoms with E-state index in [4.69, 9.17) is 0 Å². The zero-order valence-corrected chi connectivity index (χ0v) is 12.2. The molecule has 0 aliphatic heterocycles. The van der Waals surface area contributed by atoms with Crippen molar-refractivity contribution in [2.75, 3.05) is 18.8 Å². The summed E-state index contributed by atoms with van der Waals surface area (Å²) in [5.41, 5.74) is 0. The summed E-state index contributed by atoms with van der Waals surface area (Å²) < 4.78 is 0. The minimum atomic E-state index is -0.913. The van der Waals surface area contributed by atoms with Crippen molar-refractivity contribution < 1.29 is 9.90 Å². The van der Waals surface area contributed by atoms with Gasteiger partial charge in [0.25, 0.3) is 0 Å². The van der Waals surface area contributed by atoms with Gasteiger partial charge in [0.1, 0.15) is 0 Å². The molecule has 3 heteroatoms. The predicted octanol–water partition coefficient (Wildman–Crippen LogP) is 2.37. The minimum absolute atomic E-state index is 0.230. The number of carboxylic acid groups (broad SMARTS) is 1. The van der Waals surface area contributed by atoms with Crippen LogP contribution in [0.15, 0.2) is 0 Å². The van der Waals surface area contributed by atoms with E-state index in [9.17, 15) is 9.90 Å². The molecule has 0 spiro atoms. The molecular weight excluding hydrogens is 220 g/mol. The number of rotatable bonds is 8. The van der Waals surface area contributed by atoms with Crippen molar-refractivity contribution in [1.29, 1.82) is 0 Å². The van der Waals surface area contributed by atoms with Gasteiger partial charge in [-0.25, -0.2) is 0 Å². The first-order valence-corrected chi connectivity index (χ1v) is 8.64. The van der Waals surface area contributed by atoms with Crippen molar-refractivity contribution in [3.63, 3.8) is 0 Å². The Bertz CT molecular complexity index is 144. The first kappa shape index (κ1) is 18.2. The molecule has 98 valence electrons. The summed E-state index contributed by atoms with van der Waals surface area (Å²) in [5.74, 6) is -0.913. The van der Waals surface area contributed by atoms with Crippen molar-refractivity contribution in [3.05, 3.63) is 0 Å². The van der Waals surface area contributed by atoms with Crippen LogP contribution in [-0.2, 0) is 15.7 Å². The fraction of sp³-hybridized carbons (Fsp3) is 0.923. The molecule has 2 nitrogen and oxygen atoms in total. The van der Waals surface area contributed by atoms with E-state index in [1.54, 1.807) is 0 Å². The maximum atomic E-state index is 10.0. The lowest BCUT2D eigenvalue weighted by atomic mass is 10.1. The molecule has 0 amide bonds. The lowest BCUT2D eigenvalue weighted by Crippen LogP contribution is -2.21. The van der Waals surface area contributed by atoms with Crippen LogP contribution in [0.3, 0.4) is 0 Å². The fourth-order valence-electron chi connectivity index (χ4n) is 1.23. The summed E-state index contributed by atoms with van der Waals surface area (Å²) in [7, 11) is 0.639. The van der Waals surface area contributed by atoms with Crippen LogP contribution in [0.1, 0.15) is 58.3 Å². The zero-order chi connectivity index (χ0) is 12.8. The molecule has 0 saturated heterocycles. The van der Waals surface area contributed by atoms with E-state index in [0.717, 1.165) is 12.8 Å². The topological polar surface area (TPSA) is 40.1 Å². The molecule has 0 radical (unpaired) electrons. The van der Waals surface area contributed by atoms with Gasteiger partial charge in [-0.15, -0.1) is 0 Å². The molecule has 16 heavy (non-hydrogen) atoms. The molecule has 0 aliphatic carbocycles. The van der Waals surface area contributed by atoms with Crippen LogP contribution >= 0.6 is 0 Å². The maximum Gasteiger partial charge on any atom is 0.0969 e. The lowest BCUT2D eigenvalue weighted by molar-refractivity contribution is -0.305. The molecule has 0 fully saturated rings. The summed E-state index contributed by atoms with van der Waals surface area (Å²) in [5, 5.41) is 10.0. The number of carboxylic acids is 1. The van der Waals surface area contributed by atoms with Crippen molar-refractivity contribution in [2.24, 2.45) is 0 Å². The number of carbonyl (C=O) groups is 1. The molecule has 0 rings (SSSR count). The van der Waals surface area contributed by atoms with Gasteiger partial charge in [0.2, 0.25) is 0 Å². The van der Waals surface area contributed by atoms with E-state index >= 15 is 0 Å². The van der Waals surface area contributed by atoms with Gasteiger partial charge in [0.05, 0.1) is 18.8 Å². The zero-order valence-electron chi connectivity index (χ0n) is 11.4. The Kier molecular flexibility index (Phi) is 16.9. The Morgan fingerprint density at radius 3 is 1.69 bits per heavy atom. The van der Waals surface area contributed by atoms with E-state index in [-0.39, 0.29) is 6.42 Å². The molecule has 0 N–H and O–H groups in total. The van der Waals surface area contributed by atoms with Crippen molar-refractivity contribution >= 4 is 16.9 Å². The SMILES string of the molecule is CCCCCCCCCC(=O)[O-].C[S+](C)C. The second-order valence-corrected chi connectivity index (χ2v) is 6.92. The van der Waals surface area contributed by atoms with Crippen molar-refractivity contribution in [1.82, 2.24) is 0 Å². The Morgan fingerprint density at radius 1 is 0.938 bits per heavy atom. The van der Waals surface area contributed by atoms with Crippen molar-refractivity contribution in [3.8, 4) is 0 Å². The van der Waals surface area contributed by atoms with Crippen molar-refractivity contribution in [2.45, 2.75) is 58.3 Å². The predicted molar refractivity (Wildman–Crippen MR) is 72.8 cm³/mol. The molecule has 0 bridgehead atoms. The highest BCUT2D eigenvalue weighted by molar-refractivity contribution is 7.94. The number of hydrogen-bond donors (Lipinski definition) is 0. The minimum Gasteiger partial charge on any atom is -0.550 e. The molecule has 0 aliphatic rings. The van der Waals surface area contributed by atoms with Gasteiger partial charge in [-0.1, -0.05) is 45.4 Å². The normalized spacial score (nSPS) is 9.81. The maximum absolute atomic E-state index is 10.0. The van der Waals surface area contributed by atoms with Gasteiger partial charge in [0.15, 0.2) is 0 Å². The van der Waals surface area contributed by atoms with Crippen LogP contribution in [0.25, 0.3) is 0 Å². The molecule has 0 unspecified atom stereocenters. The Morgan fingerprint density at radius 2 is 1.31 bits per heavy atom. The molecule has 0 aromatic carbocycles. The summed E-state index contributed by atoms with van der Waals surface area (Å²) in [6, 6.07) is 0. The van der Waals surface area contributed by atoms with Gasteiger partial charge in [-0.3, -0.25) is 0 Å². The summed E-state index contributed by atoms with van der Waals surface area (Å²) in [6.07, 6.45) is 14.9. The second-order valence-electron chi connectivity index (χ2n) is 4.47. The third-order valence-corrected chi connectivity index (χ3v) is 1.98. The van der Waals surface area contributed by atoms with E-state index in [2.05, 4.69) is 25.7 Å². The number of unbranched alkanes of at least 4 members (excludes halogenated alkanes) is 6. The average Bonchev–Trinajstić information content (AvgIpc) is 2.15. The highest BCUT2D eigenvalue weighted by atomic mass is 32.2. The van der Waals surface area contributed by atoms with Crippen LogP contribution in [0.4, 0.5) is 0 Å². The van der Waals surface area contributed by atoms with Crippen LogP contribution in [-0.4, -0.2) is 24.7 Å². The Labute approximate surface area is 104 Å². The smallest absolute Gasteiger partial charge is 0.0969 e. The molecule has 0 atom stereocenters. The van der Waals surface area contributed by atoms with Crippen LogP contribution in [0.2, 0.25) is 0 Å². The van der Waals surface area contributed by atoms with E-state index in [1.807, 2.05) is 0 Å². The Balaban J connectivity index is 0. The first-order chi connectivity index (χ1) is 7.50. The van der Waals surface area contributed by atoms with E-state index in [0.29, 0.717) is 10.9 Å². The third kappa shape index (κ3) is 29.2. The summed E-state index contributed by atoms with van der Waals surface area (Å²) in [6.45, 7) is 2.19. The highest BCUT2D eigenvalue weighted by Crippen LogP contribution is 2.07. The first-order valence-electron chi connectivity index (χ1n) is 6.19. The van der Waals surface area contributed by atoms with Gasteiger partial charge >= 0.3 is 0 Å². The number of aliphatic carboxylic acids is 1. The standard InChI is InChI=1S/C10H20O2.C3H9S/c1-2-3-4-5-6-7-8-9-10(11)12;1-4(2)3/h2-9H2,1H3,(H,11,12);1-3H3/q;+1/p-1. The monoisotopic (exact) mass is 248 g/mol. The molecule has 0 aromatic heterocycles. The van der Waals surface area contributed by atoms with Crippen LogP contribution in [0.5, 0.6) is 0 Å². The molecule has 0 heterocycles. The molecular formula is C13H28O2S. The van der Waals surface area contributed by atoms with Gasteiger partial charge in [0, 0.05) is 5.97 Å². The fourth-order valence-corrected chi connectivity index (χ4v) is 1.23. The Hall–Kier alpha value is -0.180. The van der Waals surface area contributed by atoms with Gasteiger partial charge < -0.3 is 9.90 Å². The summed E-state index contributed by atoms with van der Waals surface area (Å²) in [4.78, 5) is 10.0. The summed E-state index contributed by atoms with van der Waals surface area (Å²) >= 11 is 0. The second kappa shape index (κ2) is 14.8. The molecule has 0 saturated carbocycles. The van der Waals surface area contributed by atoms with Crippen LogP contribution in [0, 0.1) is 0 Å². The lowest BCUT2D eigenvalue weighted by Gasteiger charge is -2.01. The van der Waals surface area contributed by atoms with Crippen LogP contribution < -0.4 is 5.11 Å². The van der Waals surface area contributed by atoms with Gasteiger partial charge in [-0.2, -0.15) is 0 Å². The highest BCUT2D eigenvalue weighted by Gasteiger charge is 1.90. The third-order valence-electron chi connectivity index (χ3n) is 1.98.